The molecule has 0 saturated heterocycles. The third-order valence-electron chi connectivity index (χ3n) is 3.82. The average Bonchev–Trinajstić information content (AvgIpc) is 2.56. The molecule has 1 aliphatic heterocycles. The van der Waals surface area contributed by atoms with Crippen molar-refractivity contribution in [1.82, 2.24) is 0 Å². The van der Waals surface area contributed by atoms with Crippen LogP contribution in [0.2, 0.25) is 0 Å². The summed E-state index contributed by atoms with van der Waals surface area (Å²) in [6.07, 6.45) is 0. The number of fused-ring (bicyclic) bond motifs is 2. The molecule has 104 valence electrons. The Labute approximate surface area is 122 Å². The van der Waals surface area contributed by atoms with Crippen LogP contribution >= 0.6 is 11.8 Å². The zero-order valence-corrected chi connectivity index (χ0v) is 12.3. The van der Waals surface area contributed by atoms with E-state index in [9.17, 15) is 8.78 Å². The van der Waals surface area contributed by atoms with Crippen molar-refractivity contribution < 1.29 is 8.78 Å². The summed E-state index contributed by atoms with van der Waals surface area (Å²) in [7, 11) is 0. The Kier molecular flexibility index (Phi) is 3.55. The van der Waals surface area contributed by atoms with Gasteiger partial charge in [0.15, 0.2) is 11.6 Å². The Hall–Kier alpha value is -1.35. The number of halogens is 2. The Morgan fingerprint density at radius 3 is 2.50 bits per heavy atom. The van der Waals surface area contributed by atoms with Gasteiger partial charge in [0.1, 0.15) is 0 Å². The Morgan fingerprint density at radius 2 is 1.75 bits per heavy atom. The van der Waals surface area contributed by atoms with Crippen LogP contribution < -0.4 is 0 Å². The third-order valence-corrected chi connectivity index (χ3v) is 4.96. The van der Waals surface area contributed by atoms with Gasteiger partial charge in [-0.2, -0.15) is 0 Å². The lowest BCUT2D eigenvalue weighted by atomic mass is 9.81. The van der Waals surface area contributed by atoms with Crippen molar-refractivity contribution in [2.45, 2.75) is 30.4 Å². The maximum absolute atomic E-state index is 13.7. The number of hydrogen-bond donors (Lipinski definition) is 0. The first kappa shape index (κ1) is 13.6. The van der Waals surface area contributed by atoms with Crippen LogP contribution in [0.15, 0.2) is 41.3 Å². The fourth-order valence-corrected chi connectivity index (χ4v) is 4.03. The fourth-order valence-electron chi connectivity index (χ4n) is 2.93. The minimum atomic E-state index is -0.752. The lowest BCUT2D eigenvalue weighted by Gasteiger charge is -2.23. The molecule has 20 heavy (non-hydrogen) atoms. The molecule has 3 rings (SSSR count). The van der Waals surface area contributed by atoms with Crippen molar-refractivity contribution in [1.29, 1.82) is 0 Å². The summed E-state index contributed by atoms with van der Waals surface area (Å²) in [6, 6.07) is 11.0. The van der Waals surface area contributed by atoms with E-state index in [2.05, 4.69) is 26.0 Å². The summed E-state index contributed by atoms with van der Waals surface area (Å²) < 4.78 is 27.2. The zero-order valence-electron chi connectivity index (χ0n) is 11.5. The van der Waals surface area contributed by atoms with Gasteiger partial charge in [0, 0.05) is 16.6 Å². The van der Waals surface area contributed by atoms with Crippen LogP contribution in [0.25, 0.3) is 0 Å². The van der Waals surface area contributed by atoms with Crippen LogP contribution in [0.4, 0.5) is 8.78 Å². The molecule has 0 N–H and O–H groups in total. The van der Waals surface area contributed by atoms with E-state index in [-0.39, 0.29) is 5.92 Å². The molecule has 1 atom stereocenters. The smallest absolute Gasteiger partial charge is 0.159 e. The molecule has 0 fully saturated rings. The Bertz CT molecular complexity index is 649. The molecule has 2 aromatic carbocycles. The predicted molar refractivity (Wildman–Crippen MR) is 79.0 cm³/mol. The lowest BCUT2D eigenvalue weighted by molar-refractivity contribution is 0.498. The van der Waals surface area contributed by atoms with Crippen molar-refractivity contribution in [2.24, 2.45) is 5.92 Å². The minimum Gasteiger partial charge on any atom is -0.204 e. The zero-order chi connectivity index (χ0) is 14.3. The van der Waals surface area contributed by atoms with Gasteiger partial charge in [0.2, 0.25) is 0 Å². The summed E-state index contributed by atoms with van der Waals surface area (Å²) >= 11 is 1.70. The molecule has 1 heterocycles. The second-order valence-corrected chi connectivity index (χ2v) is 6.53. The van der Waals surface area contributed by atoms with Gasteiger partial charge >= 0.3 is 0 Å². The van der Waals surface area contributed by atoms with Crippen molar-refractivity contribution in [3.05, 3.63) is 64.7 Å². The molecular formula is C17H16F2S. The van der Waals surface area contributed by atoms with Crippen LogP contribution in [0.3, 0.4) is 0 Å². The minimum absolute atomic E-state index is 0.117. The number of hydrogen-bond acceptors (Lipinski definition) is 1. The van der Waals surface area contributed by atoms with E-state index >= 15 is 0 Å². The maximum Gasteiger partial charge on any atom is 0.159 e. The van der Waals surface area contributed by atoms with Gasteiger partial charge in [0.25, 0.3) is 0 Å². The topological polar surface area (TPSA) is 0 Å². The van der Waals surface area contributed by atoms with Gasteiger partial charge in [-0.15, -0.1) is 11.8 Å². The third kappa shape index (κ3) is 2.24. The number of benzene rings is 2. The average molecular weight is 290 g/mol. The normalized spacial score (nSPS) is 17.6. The summed E-state index contributed by atoms with van der Waals surface area (Å²) in [5.74, 6) is -0.367. The van der Waals surface area contributed by atoms with Crippen LogP contribution in [-0.4, -0.2) is 0 Å². The van der Waals surface area contributed by atoms with Gasteiger partial charge in [-0.25, -0.2) is 8.78 Å². The molecule has 0 bridgehead atoms. The fraction of sp³-hybridized carbons (Fsp3) is 0.294. The lowest BCUT2D eigenvalue weighted by Crippen LogP contribution is -2.11. The van der Waals surface area contributed by atoms with E-state index in [0.717, 1.165) is 11.1 Å². The highest BCUT2D eigenvalue weighted by atomic mass is 32.2. The largest absolute Gasteiger partial charge is 0.204 e. The van der Waals surface area contributed by atoms with E-state index in [1.165, 1.54) is 22.6 Å². The SMILES string of the molecule is CC(C)[C@H]1c2cc(F)c(F)cc2CSc2ccccc21. The van der Waals surface area contributed by atoms with Crippen LogP contribution in [-0.2, 0) is 5.75 Å². The molecular weight excluding hydrogens is 274 g/mol. The molecule has 0 spiro atoms. The van der Waals surface area contributed by atoms with Crippen molar-refractivity contribution in [3.63, 3.8) is 0 Å². The molecule has 0 aliphatic carbocycles. The second-order valence-electron chi connectivity index (χ2n) is 5.51. The first-order valence-corrected chi connectivity index (χ1v) is 7.76. The molecule has 1 aliphatic rings. The monoisotopic (exact) mass is 290 g/mol. The number of thioether (sulfide) groups is 1. The number of rotatable bonds is 1. The summed E-state index contributed by atoms with van der Waals surface area (Å²) in [5, 5.41) is 0. The highest BCUT2D eigenvalue weighted by Gasteiger charge is 2.27. The second kappa shape index (κ2) is 5.21. The van der Waals surface area contributed by atoms with Gasteiger partial charge in [-0.1, -0.05) is 32.0 Å². The first-order valence-electron chi connectivity index (χ1n) is 6.77. The summed E-state index contributed by atoms with van der Waals surface area (Å²) in [6.45, 7) is 4.25. The van der Waals surface area contributed by atoms with Crippen LogP contribution in [0.5, 0.6) is 0 Å². The molecule has 2 aromatic rings. The molecule has 0 amide bonds. The molecule has 0 aromatic heterocycles. The van der Waals surface area contributed by atoms with Crippen LogP contribution in [0, 0.1) is 17.6 Å². The molecule has 0 unspecified atom stereocenters. The highest BCUT2D eigenvalue weighted by molar-refractivity contribution is 7.98. The van der Waals surface area contributed by atoms with Gasteiger partial charge in [-0.05, 0) is 40.8 Å². The molecule has 3 heteroatoms. The Morgan fingerprint density at radius 1 is 1.05 bits per heavy atom. The Balaban J connectivity index is 2.24. The maximum atomic E-state index is 13.7. The van der Waals surface area contributed by atoms with E-state index < -0.39 is 11.6 Å². The first-order chi connectivity index (χ1) is 9.58. The van der Waals surface area contributed by atoms with Gasteiger partial charge in [-0.3, -0.25) is 0 Å². The van der Waals surface area contributed by atoms with E-state index in [1.54, 1.807) is 11.8 Å². The summed E-state index contributed by atoms with van der Waals surface area (Å²) in [5.41, 5.74) is 3.05. The highest BCUT2D eigenvalue weighted by Crippen LogP contribution is 2.44. The standard InChI is InChI=1S/C17H16F2S/c1-10(2)17-12-5-3-4-6-16(12)20-9-11-7-14(18)15(19)8-13(11)17/h3-8,10,17H,9H2,1-2H3/t17-/m1/s1. The van der Waals surface area contributed by atoms with Crippen LogP contribution in [0.1, 0.15) is 36.5 Å². The van der Waals surface area contributed by atoms with Crippen molar-refractivity contribution in [3.8, 4) is 0 Å². The van der Waals surface area contributed by atoms with E-state index in [1.807, 2.05) is 12.1 Å². The predicted octanol–water partition coefficient (Wildman–Crippen LogP) is 5.36. The molecule has 0 nitrogen and oxygen atoms in total. The van der Waals surface area contributed by atoms with Gasteiger partial charge in [0.05, 0.1) is 0 Å². The quantitative estimate of drug-likeness (QED) is 0.681. The van der Waals surface area contributed by atoms with E-state index in [0.29, 0.717) is 11.7 Å². The van der Waals surface area contributed by atoms with Crippen molar-refractivity contribution in [2.75, 3.05) is 0 Å². The van der Waals surface area contributed by atoms with E-state index in [4.69, 9.17) is 0 Å². The molecule has 0 radical (unpaired) electrons. The summed E-state index contributed by atoms with van der Waals surface area (Å²) in [4.78, 5) is 1.21. The van der Waals surface area contributed by atoms with Gasteiger partial charge < -0.3 is 0 Å². The molecule has 0 saturated carbocycles. The van der Waals surface area contributed by atoms with Crippen molar-refractivity contribution >= 4 is 11.8 Å².